The van der Waals surface area contributed by atoms with E-state index in [9.17, 15) is 4.79 Å². The molecular weight excluding hydrogens is 457 g/mol. The highest BCUT2D eigenvalue weighted by atomic mass is 127. The number of halogens is 1. The molecule has 0 aromatic heterocycles. The van der Waals surface area contributed by atoms with Crippen LogP contribution in [0.25, 0.3) is 0 Å². The first-order valence-electron chi connectivity index (χ1n) is 8.65. The predicted octanol–water partition coefficient (Wildman–Crippen LogP) is 1.16. The van der Waals surface area contributed by atoms with Crippen molar-refractivity contribution in [1.82, 2.24) is 0 Å². The van der Waals surface area contributed by atoms with Crippen molar-refractivity contribution in [3.05, 3.63) is 65.7 Å². The molecule has 0 saturated heterocycles. The number of quaternary nitrogens is 1. The van der Waals surface area contributed by atoms with Crippen LogP contribution in [0.5, 0.6) is 0 Å². The van der Waals surface area contributed by atoms with Crippen LogP contribution < -0.4 is 24.0 Å². The summed E-state index contributed by atoms with van der Waals surface area (Å²) < 4.78 is 6.29. The Morgan fingerprint density at radius 3 is 2.35 bits per heavy atom. The van der Waals surface area contributed by atoms with Crippen molar-refractivity contribution in [2.45, 2.75) is 23.5 Å². The van der Waals surface area contributed by atoms with Crippen molar-refractivity contribution in [2.75, 3.05) is 34.3 Å². The number of rotatable bonds is 9. The highest BCUT2D eigenvalue weighted by Crippen LogP contribution is 2.26. The van der Waals surface area contributed by atoms with Gasteiger partial charge >= 0.3 is 5.97 Å². The monoisotopic (exact) mass is 485 g/mol. The van der Waals surface area contributed by atoms with Crippen LogP contribution in [0.15, 0.2) is 59.5 Å². The van der Waals surface area contributed by atoms with Crippen molar-refractivity contribution in [3.8, 4) is 0 Å². The number of benzene rings is 2. The number of ether oxygens (including phenoxy) is 1. The van der Waals surface area contributed by atoms with E-state index in [1.807, 2.05) is 24.3 Å². The minimum absolute atomic E-state index is 0. The van der Waals surface area contributed by atoms with Crippen LogP contribution in [0.3, 0.4) is 0 Å². The van der Waals surface area contributed by atoms with E-state index in [1.54, 1.807) is 11.8 Å². The summed E-state index contributed by atoms with van der Waals surface area (Å²) in [6, 6.07) is 18.5. The lowest BCUT2D eigenvalue weighted by Crippen LogP contribution is -3.00. The SMILES string of the molecule is C[N+](C)(C)CCCOC(=O)Cc1ccccc1SCc1ccccc1.[I-]. The van der Waals surface area contributed by atoms with Crippen molar-refractivity contribution < 1.29 is 38.0 Å². The Bertz CT molecular complexity index is 671. The third-order valence-electron chi connectivity index (χ3n) is 3.78. The second kappa shape index (κ2) is 11.6. The molecule has 0 atom stereocenters. The van der Waals surface area contributed by atoms with Crippen LogP contribution in [0, 0.1) is 0 Å². The fraction of sp³-hybridized carbons (Fsp3) is 0.381. The molecule has 0 aliphatic heterocycles. The Hall–Kier alpha value is -1.05. The quantitative estimate of drug-likeness (QED) is 0.175. The van der Waals surface area contributed by atoms with E-state index in [4.69, 9.17) is 4.74 Å². The molecule has 0 fully saturated rings. The lowest BCUT2D eigenvalue weighted by molar-refractivity contribution is -0.870. The molecule has 2 rings (SSSR count). The van der Waals surface area contributed by atoms with Gasteiger partial charge in [-0.3, -0.25) is 4.79 Å². The zero-order valence-corrected chi connectivity index (χ0v) is 18.8. The summed E-state index contributed by atoms with van der Waals surface area (Å²) in [5.41, 5.74) is 2.32. The van der Waals surface area contributed by atoms with Gasteiger partial charge in [0.2, 0.25) is 0 Å². The maximum atomic E-state index is 12.1. The fourth-order valence-corrected chi connectivity index (χ4v) is 3.47. The molecule has 0 N–H and O–H groups in total. The Morgan fingerprint density at radius 1 is 1.00 bits per heavy atom. The first kappa shape index (κ1) is 23.0. The lowest BCUT2D eigenvalue weighted by atomic mass is 10.1. The van der Waals surface area contributed by atoms with Crippen LogP contribution in [-0.4, -0.2) is 44.7 Å². The van der Waals surface area contributed by atoms with Crippen LogP contribution in [0.1, 0.15) is 17.5 Å². The normalized spacial score (nSPS) is 10.9. The average Bonchev–Trinajstić information content (AvgIpc) is 2.58. The van der Waals surface area contributed by atoms with E-state index < -0.39 is 0 Å². The van der Waals surface area contributed by atoms with Gasteiger partial charge in [0.05, 0.1) is 40.7 Å². The molecule has 0 radical (unpaired) electrons. The molecule has 0 saturated carbocycles. The minimum atomic E-state index is -0.144. The predicted molar refractivity (Wildman–Crippen MR) is 105 cm³/mol. The molecule has 0 aliphatic rings. The average molecular weight is 485 g/mol. The van der Waals surface area contributed by atoms with Gasteiger partial charge in [-0.05, 0) is 17.2 Å². The minimum Gasteiger partial charge on any atom is -1.00 e. The zero-order valence-electron chi connectivity index (χ0n) is 15.8. The van der Waals surface area contributed by atoms with Gasteiger partial charge in [0.25, 0.3) is 0 Å². The molecule has 3 nitrogen and oxygen atoms in total. The molecular formula is C21H28INO2S. The molecule has 26 heavy (non-hydrogen) atoms. The number of esters is 1. The Balaban J connectivity index is 0.00000338. The van der Waals surface area contributed by atoms with E-state index in [-0.39, 0.29) is 29.9 Å². The molecule has 0 spiro atoms. The summed E-state index contributed by atoms with van der Waals surface area (Å²) in [6.45, 7) is 1.49. The summed E-state index contributed by atoms with van der Waals surface area (Å²) in [6.07, 6.45) is 1.22. The van der Waals surface area contributed by atoms with E-state index >= 15 is 0 Å². The number of carbonyl (C=O) groups is 1. The van der Waals surface area contributed by atoms with Gasteiger partial charge in [-0.15, -0.1) is 11.8 Å². The van der Waals surface area contributed by atoms with E-state index in [0.29, 0.717) is 13.0 Å². The van der Waals surface area contributed by atoms with Gasteiger partial charge in [-0.25, -0.2) is 0 Å². The van der Waals surface area contributed by atoms with Crippen molar-refractivity contribution in [3.63, 3.8) is 0 Å². The maximum Gasteiger partial charge on any atom is 0.310 e. The second-order valence-electron chi connectivity index (χ2n) is 7.15. The molecule has 0 bridgehead atoms. The number of thioether (sulfide) groups is 1. The highest BCUT2D eigenvalue weighted by molar-refractivity contribution is 7.98. The first-order chi connectivity index (χ1) is 11.9. The molecule has 0 heterocycles. The number of hydrogen-bond donors (Lipinski definition) is 0. The Labute approximate surface area is 178 Å². The topological polar surface area (TPSA) is 26.3 Å². The Morgan fingerprint density at radius 2 is 1.65 bits per heavy atom. The first-order valence-corrected chi connectivity index (χ1v) is 9.63. The van der Waals surface area contributed by atoms with E-state index in [1.165, 1.54) is 5.56 Å². The maximum absolute atomic E-state index is 12.1. The van der Waals surface area contributed by atoms with Crippen molar-refractivity contribution in [2.24, 2.45) is 0 Å². The molecule has 2 aromatic rings. The number of hydrogen-bond acceptors (Lipinski definition) is 3. The molecule has 0 amide bonds. The van der Waals surface area contributed by atoms with E-state index in [0.717, 1.165) is 33.7 Å². The lowest BCUT2D eigenvalue weighted by Gasteiger charge is -2.23. The molecule has 0 unspecified atom stereocenters. The summed E-state index contributed by atoms with van der Waals surface area (Å²) in [5.74, 6) is 0.755. The van der Waals surface area contributed by atoms with Crippen LogP contribution >= 0.6 is 11.8 Å². The van der Waals surface area contributed by atoms with E-state index in [2.05, 4.69) is 51.5 Å². The van der Waals surface area contributed by atoms with Crippen molar-refractivity contribution >= 4 is 17.7 Å². The Kier molecular flexibility index (Phi) is 10.3. The summed E-state index contributed by atoms with van der Waals surface area (Å²) in [7, 11) is 6.42. The summed E-state index contributed by atoms with van der Waals surface area (Å²) in [4.78, 5) is 13.3. The van der Waals surface area contributed by atoms with Crippen molar-refractivity contribution in [1.29, 1.82) is 0 Å². The highest BCUT2D eigenvalue weighted by Gasteiger charge is 2.11. The van der Waals surface area contributed by atoms with Gasteiger partial charge in [0, 0.05) is 17.1 Å². The van der Waals surface area contributed by atoms with Gasteiger partial charge in [0.15, 0.2) is 0 Å². The van der Waals surface area contributed by atoms with Gasteiger partial charge < -0.3 is 33.2 Å². The smallest absolute Gasteiger partial charge is 0.310 e. The van der Waals surface area contributed by atoms with Crippen LogP contribution in [-0.2, 0) is 21.7 Å². The molecule has 5 heteroatoms. The molecule has 142 valence electrons. The van der Waals surface area contributed by atoms with Crippen LogP contribution in [0.2, 0.25) is 0 Å². The largest absolute Gasteiger partial charge is 1.00 e. The van der Waals surface area contributed by atoms with Gasteiger partial charge in [0.1, 0.15) is 0 Å². The third-order valence-corrected chi connectivity index (χ3v) is 4.97. The zero-order chi connectivity index (χ0) is 18.1. The number of carbonyl (C=O) groups excluding carboxylic acids is 1. The van der Waals surface area contributed by atoms with Crippen LogP contribution in [0.4, 0.5) is 0 Å². The summed E-state index contributed by atoms with van der Waals surface area (Å²) in [5, 5.41) is 0. The molecule has 2 aromatic carbocycles. The fourth-order valence-electron chi connectivity index (χ4n) is 2.46. The second-order valence-corrected chi connectivity index (χ2v) is 8.16. The summed E-state index contributed by atoms with van der Waals surface area (Å²) >= 11 is 1.76. The van der Waals surface area contributed by atoms with Gasteiger partial charge in [-0.1, -0.05) is 48.5 Å². The number of nitrogens with zero attached hydrogens (tertiary/aromatic N) is 1. The molecule has 0 aliphatic carbocycles. The standard InChI is InChI=1S/C21H28NO2S.HI/c1-22(2,3)14-9-15-24-21(23)16-19-12-7-8-13-20(19)25-17-18-10-5-4-6-11-18;/h4-8,10-13H,9,14-17H2,1-3H3;1H/q+1;/p-1. The van der Waals surface area contributed by atoms with Gasteiger partial charge in [-0.2, -0.15) is 0 Å². The third kappa shape index (κ3) is 9.05.